The van der Waals surface area contributed by atoms with Gasteiger partial charge in [-0.15, -0.1) is 0 Å². The number of hydrogen-bond acceptors (Lipinski definition) is 6. The van der Waals surface area contributed by atoms with Crippen molar-refractivity contribution in [3.63, 3.8) is 0 Å². The summed E-state index contributed by atoms with van der Waals surface area (Å²) in [6.07, 6.45) is 4.82. The summed E-state index contributed by atoms with van der Waals surface area (Å²) in [4.78, 5) is 20.0. The summed E-state index contributed by atoms with van der Waals surface area (Å²) in [7, 11) is 1.83. The van der Waals surface area contributed by atoms with Crippen molar-refractivity contribution in [1.82, 2.24) is 19.9 Å². The molecule has 6 nitrogen and oxygen atoms in total. The maximum atomic E-state index is 4.58. The first-order valence-electron chi connectivity index (χ1n) is 6.93. The fraction of sp³-hybridized carbons (Fsp3) is 0.429. The molecule has 0 amide bonds. The first kappa shape index (κ1) is 12.8. The van der Waals surface area contributed by atoms with E-state index in [1.807, 2.05) is 25.2 Å². The molecule has 0 saturated carbocycles. The van der Waals surface area contributed by atoms with E-state index in [0.29, 0.717) is 12.4 Å². The van der Waals surface area contributed by atoms with E-state index in [0.717, 1.165) is 30.6 Å². The van der Waals surface area contributed by atoms with Gasteiger partial charge in [0.05, 0.1) is 6.42 Å². The molecule has 1 aliphatic rings. The minimum atomic E-state index is 0.618. The number of nitrogens with zero attached hydrogens (tertiary/aromatic N) is 5. The summed E-state index contributed by atoms with van der Waals surface area (Å²) in [6.45, 7) is 2.05. The molecular formula is C14H18N6. The van der Waals surface area contributed by atoms with Crippen molar-refractivity contribution in [2.75, 3.05) is 30.4 Å². The predicted octanol–water partition coefficient (Wildman–Crippen LogP) is 1.50. The lowest BCUT2D eigenvalue weighted by molar-refractivity contribution is 0.838. The van der Waals surface area contributed by atoms with E-state index in [2.05, 4.69) is 30.2 Å². The molecule has 0 unspecified atom stereocenters. The zero-order valence-corrected chi connectivity index (χ0v) is 11.6. The van der Waals surface area contributed by atoms with Crippen LogP contribution in [-0.2, 0) is 6.42 Å². The molecule has 20 heavy (non-hydrogen) atoms. The molecule has 0 atom stereocenters. The predicted molar refractivity (Wildman–Crippen MR) is 77.9 cm³/mol. The van der Waals surface area contributed by atoms with Crippen LogP contribution in [0.1, 0.15) is 24.4 Å². The van der Waals surface area contributed by atoms with E-state index in [1.54, 1.807) is 6.20 Å². The van der Waals surface area contributed by atoms with Crippen molar-refractivity contribution in [3.8, 4) is 0 Å². The zero-order valence-electron chi connectivity index (χ0n) is 11.6. The third-order valence-electron chi connectivity index (χ3n) is 3.35. The highest BCUT2D eigenvalue weighted by Crippen LogP contribution is 2.17. The number of rotatable bonds is 4. The van der Waals surface area contributed by atoms with Crippen LogP contribution in [0.3, 0.4) is 0 Å². The molecule has 3 rings (SSSR count). The van der Waals surface area contributed by atoms with Crippen LogP contribution in [0.4, 0.5) is 11.9 Å². The van der Waals surface area contributed by atoms with E-state index in [-0.39, 0.29) is 0 Å². The molecule has 1 fully saturated rings. The van der Waals surface area contributed by atoms with Crippen LogP contribution in [0, 0.1) is 0 Å². The maximum Gasteiger partial charge on any atom is 0.230 e. The van der Waals surface area contributed by atoms with Gasteiger partial charge in [-0.05, 0) is 25.0 Å². The van der Waals surface area contributed by atoms with Gasteiger partial charge in [0.1, 0.15) is 5.82 Å². The minimum Gasteiger partial charge on any atom is -0.357 e. The summed E-state index contributed by atoms with van der Waals surface area (Å²) in [5.74, 6) is 2.14. The van der Waals surface area contributed by atoms with Crippen LogP contribution in [0.5, 0.6) is 0 Å². The first-order chi connectivity index (χ1) is 9.85. The van der Waals surface area contributed by atoms with Crippen LogP contribution in [-0.4, -0.2) is 40.1 Å². The Balaban J connectivity index is 1.87. The summed E-state index contributed by atoms with van der Waals surface area (Å²) < 4.78 is 0. The van der Waals surface area contributed by atoms with Crippen molar-refractivity contribution >= 4 is 11.9 Å². The van der Waals surface area contributed by atoms with Crippen LogP contribution in [0.25, 0.3) is 0 Å². The second kappa shape index (κ2) is 5.81. The molecule has 104 valence electrons. The highest BCUT2D eigenvalue weighted by atomic mass is 15.3. The SMILES string of the molecule is CNc1nc(Cc2ccccn2)nc(N2CCCC2)n1. The third-order valence-corrected chi connectivity index (χ3v) is 3.35. The van der Waals surface area contributed by atoms with Crippen molar-refractivity contribution in [2.24, 2.45) is 0 Å². The van der Waals surface area contributed by atoms with Crippen molar-refractivity contribution < 1.29 is 0 Å². The normalized spacial score (nSPS) is 14.6. The molecule has 1 aliphatic heterocycles. The molecule has 2 aromatic rings. The molecule has 0 spiro atoms. The Morgan fingerprint density at radius 3 is 2.70 bits per heavy atom. The molecule has 0 aliphatic carbocycles. The average molecular weight is 270 g/mol. The van der Waals surface area contributed by atoms with Crippen molar-refractivity contribution in [3.05, 3.63) is 35.9 Å². The molecule has 0 aromatic carbocycles. The van der Waals surface area contributed by atoms with Crippen LogP contribution >= 0.6 is 0 Å². The minimum absolute atomic E-state index is 0.618. The molecular weight excluding hydrogens is 252 g/mol. The van der Waals surface area contributed by atoms with Crippen molar-refractivity contribution in [1.29, 1.82) is 0 Å². The Morgan fingerprint density at radius 2 is 2.00 bits per heavy atom. The van der Waals surface area contributed by atoms with E-state index < -0.39 is 0 Å². The summed E-state index contributed by atoms with van der Waals surface area (Å²) in [5.41, 5.74) is 0.966. The van der Waals surface area contributed by atoms with Gasteiger partial charge in [-0.3, -0.25) is 4.98 Å². The lowest BCUT2D eigenvalue weighted by Gasteiger charge is -2.16. The molecule has 0 radical (unpaired) electrons. The monoisotopic (exact) mass is 270 g/mol. The Bertz CT molecular complexity index is 565. The molecule has 0 bridgehead atoms. The van der Waals surface area contributed by atoms with E-state index in [9.17, 15) is 0 Å². The number of nitrogens with one attached hydrogen (secondary N) is 1. The Kier molecular flexibility index (Phi) is 3.71. The fourth-order valence-electron chi connectivity index (χ4n) is 2.32. The van der Waals surface area contributed by atoms with Gasteiger partial charge in [0, 0.05) is 32.0 Å². The molecule has 1 saturated heterocycles. The Labute approximate surface area is 118 Å². The van der Waals surface area contributed by atoms with Crippen LogP contribution in [0.2, 0.25) is 0 Å². The van der Waals surface area contributed by atoms with Crippen LogP contribution < -0.4 is 10.2 Å². The number of aromatic nitrogens is 4. The molecule has 2 aromatic heterocycles. The van der Waals surface area contributed by atoms with Gasteiger partial charge in [0.25, 0.3) is 0 Å². The summed E-state index contributed by atoms with van der Waals surface area (Å²) in [6, 6.07) is 5.87. The Morgan fingerprint density at radius 1 is 1.15 bits per heavy atom. The van der Waals surface area contributed by atoms with Crippen LogP contribution in [0.15, 0.2) is 24.4 Å². The van der Waals surface area contributed by atoms with Crippen molar-refractivity contribution in [2.45, 2.75) is 19.3 Å². The van der Waals surface area contributed by atoms with Gasteiger partial charge in [-0.25, -0.2) is 0 Å². The highest BCUT2D eigenvalue weighted by molar-refractivity contribution is 5.38. The molecule has 3 heterocycles. The maximum absolute atomic E-state index is 4.58. The number of anilines is 2. The van der Waals surface area contributed by atoms with Gasteiger partial charge in [0.15, 0.2) is 0 Å². The lowest BCUT2D eigenvalue weighted by Crippen LogP contribution is -2.22. The molecule has 1 N–H and O–H groups in total. The van der Waals surface area contributed by atoms with Gasteiger partial charge in [-0.2, -0.15) is 15.0 Å². The Hall–Kier alpha value is -2.24. The lowest BCUT2D eigenvalue weighted by atomic mass is 10.2. The second-order valence-electron chi connectivity index (χ2n) is 4.82. The standard InChI is InChI=1S/C14H18N6/c1-15-13-17-12(10-11-6-2-3-7-16-11)18-14(19-13)20-8-4-5-9-20/h2-3,6-7H,4-5,8-10H2,1H3,(H,15,17,18,19). The number of pyridine rings is 1. The molecule has 6 heteroatoms. The topological polar surface area (TPSA) is 66.8 Å². The smallest absolute Gasteiger partial charge is 0.230 e. The highest BCUT2D eigenvalue weighted by Gasteiger charge is 2.17. The van der Waals surface area contributed by atoms with Gasteiger partial charge in [0.2, 0.25) is 11.9 Å². The zero-order chi connectivity index (χ0) is 13.8. The van der Waals surface area contributed by atoms with Gasteiger partial charge in [-0.1, -0.05) is 6.07 Å². The van der Waals surface area contributed by atoms with E-state index >= 15 is 0 Å². The van der Waals surface area contributed by atoms with Gasteiger partial charge < -0.3 is 10.2 Å². The van der Waals surface area contributed by atoms with E-state index in [1.165, 1.54) is 12.8 Å². The number of hydrogen-bond donors (Lipinski definition) is 1. The fourth-order valence-corrected chi connectivity index (χ4v) is 2.32. The summed E-state index contributed by atoms with van der Waals surface area (Å²) in [5, 5.41) is 3.01. The third kappa shape index (κ3) is 2.84. The van der Waals surface area contributed by atoms with E-state index in [4.69, 9.17) is 0 Å². The second-order valence-corrected chi connectivity index (χ2v) is 4.82. The van der Waals surface area contributed by atoms with Gasteiger partial charge >= 0.3 is 0 Å². The first-order valence-corrected chi connectivity index (χ1v) is 6.93. The quantitative estimate of drug-likeness (QED) is 0.908. The average Bonchev–Trinajstić information content (AvgIpc) is 3.02. The summed E-state index contributed by atoms with van der Waals surface area (Å²) >= 11 is 0. The largest absolute Gasteiger partial charge is 0.357 e.